The number of aromatic nitrogens is 1. The van der Waals surface area contributed by atoms with Crippen molar-refractivity contribution < 1.29 is 13.2 Å². The second-order valence-electron chi connectivity index (χ2n) is 3.75. The van der Waals surface area contributed by atoms with Crippen molar-refractivity contribution in [3.63, 3.8) is 0 Å². The number of hydrogen-bond acceptors (Lipinski definition) is 5. The molecule has 0 spiro atoms. The van der Waals surface area contributed by atoms with Gasteiger partial charge in [-0.2, -0.15) is 0 Å². The van der Waals surface area contributed by atoms with Crippen molar-refractivity contribution in [2.45, 2.75) is 4.90 Å². The average Bonchev–Trinajstić information content (AvgIpc) is 2.38. The highest BCUT2D eigenvalue weighted by Crippen LogP contribution is 2.20. The molecular formula is C12H13N3O3S. The maximum Gasteiger partial charge on any atom is 0.262 e. The van der Waals surface area contributed by atoms with Crippen LogP contribution in [0.15, 0.2) is 47.5 Å². The number of anilines is 2. The number of nitrogen functional groups attached to an aromatic ring is 1. The van der Waals surface area contributed by atoms with E-state index in [0.29, 0.717) is 11.4 Å². The van der Waals surface area contributed by atoms with Gasteiger partial charge >= 0.3 is 0 Å². The van der Waals surface area contributed by atoms with Crippen LogP contribution in [0.1, 0.15) is 0 Å². The van der Waals surface area contributed by atoms with E-state index in [9.17, 15) is 8.42 Å². The molecule has 1 heterocycles. The van der Waals surface area contributed by atoms with Crippen molar-refractivity contribution >= 4 is 21.5 Å². The largest absolute Gasteiger partial charge is 0.497 e. The minimum atomic E-state index is -3.69. The van der Waals surface area contributed by atoms with Crippen LogP contribution in [0.25, 0.3) is 0 Å². The molecule has 0 radical (unpaired) electrons. The lowest BCUT2D eigenvalue weighted by Crippen LogP contribution is -2.13. The van der Waals surface area contributed by atoms with E-state index in [2.05, 4.69) is 9.71 Å². The number of rotatable bonds is 4. The number of sulfonamides is 1. The van der Waals surface area contributed by atoms with Crippen LogP contribution in [0.2, 0.25) is 0 Å². The molecule has 0 bridgehead atoms. The van der Waals surface area contributed by atoms with Gasteiger partial charge in [-0.25, -0.2) is 13.4 Å². The van der Waals surface area contributed by atoms with Crippen molar-refractivity contribution in [2.24, 2.45) is 0 Å². The zero-order valence-electron chi connectivity index (χ0n) is 10.2. The van der Waals surface area contributed by atoms with Crippen LogP contribution in [-0.2, 0) is 10.0 Å². The number of pyridine rings is 1. The third kappa shape index (κ3) is 3.14. The summed E-state index contributed by atoms with van der Waals surface area (Å²) in [6.45, 7) is 0. The lowest BCUT2D eigenvalue weighted by Gasteiger charge is -2.09. The van der Waals surface area contributed by atoms with Gasteiger partial charge in [-0.1, -0.05) is 6.07 Å². The minimum absolute atomic E-state index is 0.0582. The molecule has 0 saturated heterocycles. The molecule has 7 heteroatoms. The van der Waals surface area contributed by atoms with Gasteiger partial charge in [-0.15, -0.1) is 0 Å². The van der Waals surface area contributed by atoms with E-state index in [1.54, 1.807) is 24.3 Å². The van der Waals surface area contributed by atoms with Gasteiger partial charge in [0.25, 0.3) is 10.0 Å². The van der Waals surface area contributed by atoms with Crippen molar-refractivity contribution in [3.8, 4) is 5.75 Å². The zero-order valence-corrected chi connectivity index (χ0v) is 11.0. The van der Waals surface area contributed by atoms with Crippen LogP contribution in [0.5, 0.6) is 5.75 Å². The van der Waals surface area contributed by atoms with Gasteiger partial charge in [-0.3, -0.25) is 4.72 Å². The summed E-state index contributed by atoms with van der Waals surface area (Å²) in [5.41, 5.74) is 5.88. The summed E-state index contributed by atoms with van der Waals surface area (Å²) in [5, 5.41) is 0. The fourth-order valence-electron chi connectivity index (χ4n) is 1.50. The smallest absolute Gasteiger partial charge is 0.262 e. The Labute approximate surface area is 111 Å². The van der Waals surface area contributed by atoms with E-state index in [4.69, 9.17) is 10.5 Å². The van der Waals surface area contributed by atoms with Crippen LogP contribution in [-0.4, -0.2) is 20.5 Å². The molecule has 2 rings (SSSR count). The highest BCUT2D eigenvalue weighted by atomic mass is 32.2. The van der Waals surface area contributed by atoms with Gasteiger partial charge in [0, 0.05) is 18.3 Å². The zero-order chi connectivity index (χ0) is 13.9. The Balaban J connectivity index is 2.31. The van der Waals surface area contributed by atoms with E-state index in [1.165, 1.54) is 25.4 Å². The molecule has 0 aliphatic heterocycles. The topological polar surface area (TPSA) is 94.3 Å². The summed E-state index contributed by atoms with van der Waals surface area (Å²) in [6, 6.07) is 9.30. The molecule has 0 atom stereocenters. The Hall–Kier alpha value is -2.28. The van der Waals surface area contributed by atoms with Gasteiger partial charge in [0.05, 0.1) is 17.7 Å². The summed E-state index contributed by atoms with van der Waals surface area (Å²) in [6.07, 6.45) is 1.34. The Kier molecular flexibility index (Phi) is 3.57. The van der Waals surface area contributed by atoms with Crippen LogP contribution in [0.4, 0.5) is 11.5 Å². The van der Waals surface area contributed by atoms with Crippen molar-refractivity contribution in [1.29, 1.82) is 0 Å². The normalized spacial score (nSPS) is 11.0. The molecular weight excluding hydrogens is 266 g/mol. The SMILES string of the molecule is COc1cccc(NS(=O)(=O)c2ccnc(N)c2)c1. The van der Waals surface area contributed by atoms with Gasteiger partial charge < -0.3 is 10.5 Å². The number of nitrogens with two attached hydrogens (primary N) is 1. The van der Waals surface area contributed by atoms with E-state index in [1.807, 2.05) is 0 Å². The Morgan fingerprint density at radius 2 is 2.05 bits per heavy atom. The molecule has 100 valence electrons. The molecule has 0 amide bonds. The lowest BCUT2D eigenvalue weighted by atomic mass is 10.3. The second-order valence-corrected chi connectivity index (χ2v) is 5.44. The highest BCUT2D eigenvalue weighted by Gasteiger charge is 2.14. The van der Waals surface area contributed by atoms with Crippen LogP contribution >= 0.6 is 0 Å². The number of nitrogens with one attached hydrogen (secondary N) is 1. The van der Waals surface area contributed by atoms with Gasteiger partial charge in [0.15, 0.2) is 0 Å². The summed E-state index contributed by atoms with van der Waals surface area (Å²) in [7, 11) is -2.18. The average molecular weight is 279 g/mol. The summed E-state index contributed by atoms with van der Waals surface area (Å²) < 4.78 is 31.7. The number of benzene rings is 1. The number of nitrogens with zero attached hydrogens (tertiary/aromatic N) is 1. The van der Waals surface area contributed by atoms with E-state index in [0.717, 1.165) is 0 Å². The molecule has 1 aromatic carbocycles. The molecule has 2 aromatic rings. The lowest BCUT2D eigenvalue weighted by molar-refractivity contribution is 0.415. The second kappa shape index (κ2) is 5.15. The van der Waals surface area contributed by atoms with Crippen molar-refractivity contribution in [2.75, 3.05) is 17.6 Å². The summed E-state index contributed by atoms with van der Waals surface area (Å²) >= 11 is 0. The number of methoxy groups -OCH3 is 1. The quantitative estimate of drug-likeness (QED) is 0.883. The summed E-state index contributed by atoms with van der Waals surface area (Å²) in [4.78, 5) is 3.81. The van der Waals surface area contributed by atoms with Crippen LogP contribution in [0, 0.1) is 0 Å². The minimum Gasteiger partial charge on any atom is -0.497 e. The molecule has 6 nitrogen and oxygen atoms in total. The molecule has 0 aliphatic carbocycles. The summed E-state index contributed by atoms with van der Waals surface area (Å²) in [5.74, 6) is 0.711. The maximum atomic E-state index is 12.1. The Bertz CT molecular complexity index is 686. The molecule has 0 unspecified atom stereocenters. The molecule has 19 heavy (non-hydrogen) atoms. The predicted molar refractivity (Wildman–Crippen MR) is 72.5 cm³/mol. The molecule has 0 fully saturated rings. The monoisotopic (exact) mass is 279 g/mol. The Morgan fingerprint density at radius 3 is 2.74 bits per heavy atom. The van der Waals surface area contributed by atoms with Gasteiger partial charge in [0.2, 0.25) is 0 Å². The first-order valence-electron chi connectivity index (χ1n) is 5.40. The molecule has 0 aliphatic rings. The van der Waals surface area contributed by atoms with Crippen LogP contribution in [0.3, 0.4) is 0 Å². The fourth-order valence-corrected chi connectivity index (χ4v) is 2.57. The fraction of sp³-hybridized carbons (Fsp3) is 0.0833. The first-order chi connectivity index (χ1) is 9.01. The van der Waals surface area contributed by atoms with Crippen molar-refractivity contribution in [1.82, 2.24) is 4.98 Å². The van der Waals surface area contributed by atoms with Crippen LogP contribution < -0.4 is 15.2 Å². The predicted octanol–water partition coefficient (Wildman–Crippen LogP) is 1.47. The van der Waals surface area contributed by atoms with Crippen molar-refractivity contribution in [3.05, 3.63) is 42.6 Å². The maximum absolute atomic E-state index is 12.1. The van der Waals surface area contributed by atoms with Gasteiger partial charge in [-0.05, 0) is 18.2 Å². The number of ether oxygens (including phenoxy) is 1. The molecule has 1 aromatic heterocycles. The van der Waals surface area contributed by atoms with E-state index in [-0.39, 0.29) is 10.7 Å². The van der Waals surface area contributed by atoms with Gasteiger partial charge in [0.1, 0.15) is 11.6 Å². The Morgan fingerprint density at radius 1 is 1.26 bits per heavy atom. The van der Waals surface area contributed by atoms with E-state index >= 15 is 0 Å². The highest BCUT2D eigenvalue weighted by molar-refractivity contribution is 7.92. The third-order valence-corrected chi connectivity index (χ3v) is 3.76. The first-order valence-corrected chi connectivity index (χ1v) is 6.88. The standard InChI is InChI=1S/C12H13N3O3S/c1-18-10-4-2-3-9(7-10)15-19(16,17)11-5-6-14-12(13)8-11/h2-8,15H,1H3,(H2,13,14). The molecule has 3 N–H and O–H groups in total. The number of hydrogen-bond donors (Lipinski definition) is 2. The van der Waals surface area contributed by atoms with E-state index < -0.39 is 10.0 Å². The first kappa shape index (κ1) is 13.2. The molecule has 0 saturated carbocycles. The third-order valence-electron chi connectivity index (χ3n) is 2.38.